The van der Waals surface area contributed by atoms with Crippen LogP contribution in [0.25, 0.3) is 0 Å². The summed E-state index contributed by atoms with van der Waals surface area (Å²) < 4.78 is 24.2. The maximum absolute atomic E-state index is 14.0. The maximum atomic E-state index is 14.0. The maximum Gasteiger partial charge on any atom is 0.338 e. The zero-order chi connectivity index (χ0) is 34.4. The van der Waals surface area contributed by atoms with E-state index in [9.17, 15) is 24.0 Å². The molecule has 0 bridgehead atoms. The van der Waals surface area contributed by atoms with Crippen LogP contribution in [0.2, 0.25) is 0 Å². The number of ether oxygens (including phenoxy) is 4. The van der Waals surface area contributed by atoms with Crippen molar-refractivity contribution in [3.8, 4) is 0 Å². The molecule has 3 fully saturated rings. The summed E-state index contributed by atoms with van der Waals surface area (Å²) in [6.45, 7) is 7.51. The van der Waals surface area contributed by atoms with E-state index in [0.29, 0.717) is 5.56 Å². The number of hydrogen-bond donors (Lipinski definition) is 0. The molecule has 1 aliphatic carbocycles. The van der Waals surface area contributed by atoms with Gasteiger partial charge in [0.15, 0.2) is 18.4 Å². The molecule has 3 aromatic rings. The lowest BCUT2D eigenvalue weighted by Crippen LogP contribution is -2.80. The molecule has 3 aliphatic rings. The van der Waals surface area contributed by atoms with Gasteiger partial charge in [-0.25, -0.2) is 19.2 Å². The van der Waals surface area contributed by atoms with E-state index in [4.69, 9.17) is 18.9 Å². The largest absolute Gasteiger partial charge is 0.459 e. The minimum atomic E-state index is -1.36. The van der Waals surface area contributed by atoms with Gasteiger partial charge in [0.25, 0.3) is 0 Å². The molecule has 6 rings (SSSR count). The third-order valence-corrected chi connectivity index (χ3v) is 10.4. The van der Waals surface area contributed by atoms with Crippen LogP contribution in [0.1, 0.15) is 58.8 Å². The number of fused-ring (bicyclic) bond motifs is 1. The Morgan fingerprint density at radius 2 is 1.15 bits per heavy atom. The van der Waals surface area contributed by atoms with E-state index in [1.165, 1.54) is 11.9 Å². The smallest absolute Gasteiger partial charge is 0.338 e. The van der Waals surface area contributed by atoms with Crippen LogP contribution in [0.5, 0.6) is 0 Å². The van der Waals surface area contributed by atoms with Crippen LogP contribution in [0.4, 0.5) is 4.79 Å². The van der Waals surface area contributed by atoms with Crippen molar-refractivity contribution in [3.05, 3.63) is 108 Å². The number of carbonyl (C=O) groups excluding carboxylic acids is 5. The third kappa shape index (κ3) is 5.51. The lowest BCUT2D eigenvalue weighted by Gasteiger charge is -2.69. The molecule has 0 N–H and O–H groups in total. The summed E-state index contributed by atoms with van der Waals surface area (Å²) in [5.74, 6) is -3.01. The standard InChI is InChI=1S/C37H38N2O9/c1-36(2)26-29(37(36,3)4)39(35(44)38(5)30(26)40)31-28(48-34(43)24-19-13-8-14-20-24)27(47-33(42)23-17-11-7-12-18-23)25(46-31)21-45-32(41)22-15-9-6-10-16-22/h6-20,25-29,31H,21H2,1-5H3/t25-,26-,27-,28-,29-,31-/m1/s1. The van der Waals surface area contributed by atoms with Crippen molar-refractivity contribution in [2.45, 2.75) is 58.3 Å². The molecule has 11 nitrogen and oxygen atoms in total. The first-order chi connectivity index (χ1) is 22.8. The Bertz CT molecular complexity index is 1710. The van der Waals surface area contributed by atoms with E-state index in [1.807, 2.05) is 27.7 Å². The number of rotatable bonds is 8. The van der Waals surface area contributed by atoms with Gasteiger partial charge in [0.1, 0.15) is 12.7 Å². The van der Waals surface area contributed by atoms with E-state index in [0.717, 1.165) is 4.90 Å². The Morgan fingerprint density at radius 1 is 0.688 bits per heavy atom. The van der Waals surface area contributed by atoms with Gasteiger partial charge in [-0.1, -0.05) is 82.3 Å². The number of imide groups is 1. The summed E-state index contributed by atoms with van der Waals surface area (Å²) in [7, 11) is 1.40. The van der Waals surface area contributed by atoms with Crippen LogP contribution in [0.15, 0.2) is 91.0 Å². The van der Waals surface area contributed by atoms with Crippen molar-refractivity contribution >= 4 is 29.8 Å². The highest BCUT2D eigenvalue weighted by molar-refractivity contribution is 6.00. The summed E-state index contributed by atoms with van der Waals surface area (Å²) in [6, 6.07) is 23.6. The van der Waals surface area contributed by atoms with Gasteiger partial charge in [0.2, 0.25) is 5.91 Å². The zero-order valence-electron chi connectivity index (χ0n) is 27.4. The lowest BCUT2D eigenvalue weighted by molar-refractivity contribution is -0.229. The summed E-state index contributed by atoms with van der Waals surface area (Å²) in [6.07, 6.45) is -5.15. The van der Waals surface area contributed by atoms with Gasteiger partial charge in [-0.3, -0.25) is 14.6 Å². The van der Waals surface area contributed by atoms with E-state index < -0.39 is 77.9 Å². The first-order valence-electron chi connectivity index (χ1n) is 15.8. The number of nitrogens with zero attached hydrogens (tertiary/aromatic N) is 2. The summed E-state index contributed by atoms with van der Waals surface area (Å²) >= 11 is 0. The fourth-order valence-corrected chi connectivity index (χ4v) is 6.99. The zero-order valence-corrected chi connectivity index (χ0v) is 27.4. The Labute approximate surface area is 278 Å². The monoisotopic (exact) mass is 654 g/mol. The number of benzene rings is 3. The van der Waals surface area contributed by atoms with Gasteiger partial charge in [-0.2, -0.15) is 0 Å². The van der Waals surface area contributed by atoms with Gasteiger partial charge < -0.3 is 18.9 Å². The van der Waals surface area contributed by atoms with Crippen molar-refractivity contribution in [2.75, 3.05) is 13.7 Å². The van der Waals surface area contributed by atoms with E-state index in [-0.39, 0.29) is 17.0 Å². The second-order valence-corrected chi connectivity index (χ2v) is 13.5. The SMILES string of the molecule is CN1C(=O)[C@H]2[C@@H](N([C@@H]3O[C@H](COC(=O)c4ccccc4)[C@@H](OC(=O)c4ccccc4)[C@H]3OC(=O)c3ccccc3)C1=O)C(C)(C)C2(C)C. The summed E-state index contributed by atoms with van der Waals surface area (Å²) in [5.41, 5.74) is -0.320. The molecular formula is C37H38N2O9. The Morgan fingerprint density at radius 3 is 1.65 bits per heavy atom. The Kier molecular flexibility index (Phi) is 8.59. The molecule has 250 valence electrons. The molecule has 0 radical (unpaired) electrons. The fraction of sp³-hybridized carbons (Fsp3) is 0.378. The first kappa shape index (κ1) is 32.9. The molecule has 3 aromatic carbocycles. The van der Waals surface area contributed by atoms with Crippen molar-refractivity contribution in [1.29, 1.82) is 0 Å². The second-order valence-electron chi connectivity index (χ2n) is 13.5. The van der Waals surface area contributed by atoms with E-state index in [2.05, 4.69) is 0 Å². The van der Waals surface area contributed by atoms with Crippen LogP contribution in [-0.2, 0) is 23.7 Å². The number of hydrogen-bond acceptors (Lipinski definition) is 9. The molecule has 6 atom stereocenters. The molecular weight excluding hydrogens is 616 g/mol. The number of amides is 3. The first-order valence-corrected chi connectivity index (χ1v) is 15.8. The average molecular weight is 655 g/mol. The van der Waals surface area contributed by atoms with Gasteiger partial charge in [0, 0.05) is 7.05 Å². The average Bonchev–Trinajstić information content (AvgIpc) is 3.42. The van der Waals surface area contributed by atoms with Crippen molar-refractivity contribution in [3.63, 3.8) is 0 Å². The van der Waals surface area contributed by atoms with Crippen molar-refractivity contribution in [1.82, 2.24) is 9.80 Å². The van der Waals surface area contributed by atoms with Crippen LogP contribution in [0.3, 0.4) is 0 Å². The lowest BCUT2D eigenvalue weighted by atomic mass is 9.42. The second kappa shape index (κ2) is 12.5. The van der Waals surface area contributed by atoms with Crippen LogP contribution in [0, 0.1) is 16.7 Å². The van der Waals surface area contributed by atoms with E-state index in [1.54, 1.807) is 91.0 Å². The highest BCUT2D eigenvalue weighted by atomic mass is 16.7. The van der Waals surface area contributed by atoms with E-state index >= 15 is 0 Å². The molecule has 48 heavy (non-hydrogen) atoms. The molecule has 1 saturated carbocycles. The molecule has 11 heteroatoms. The van der Waals surface area contributed by atoms with Gasteiger partial charge in [-0.15, -0.1) is 0 Å². The molecule has 0 spiro atoms. The Balaban J connectivity index is 1.40. The molecule has 3 amide bonds. The van der Waals surface area contributed by atoms with Crippen LogP contribution < -0.4 is 0 Å². The molecule has 0 unspecified atom stereocenters. The minimum Gasteiger partial charge on any atom is -0.459 e. The number of urea groups is 1. The third-order valence-electron chi connectivity index (χ3n) is 10.4. The number of esters is 3. The topological polar surface area (TPSA) is 129 Å². The molecule has 2 heterocycles. The van der Waals surface area contributed by atoms with Crippen LogP contribution in [-0.4, -0.2) is 83.9 Å². The Hall–Kier alpha value is -5.03. The number of carbonyl (C=O) groups is 5. The molecule has 2 aliphatic heterocycles. The molecule has 2 saturated heterocycles. The quantitative estimate of drug-likeness (QED) is 0.244. The van der Waals surface area contributed by atoms with Crippen molar-refractivity contribution < 1.29 is 42.9 Å². The van der Waals surface area contributed by atoms with Crippen molar-refractivity contribution in [2.24, 2.45) is 16.7 Å². The predicted octanol–water partition coefficient (Wildman–Crippen LogP) is 4.96. The highest BCUT2D eigenvalue weighted by Gasteiger charge is 2.72. The summed E-state index contributed by atoms with van der Waals surface area (Å²) in [5, 5.41) is 0. The highest BCUT2D eigenvalue weighted by Crippen LogP contribution is 2.64. The fourth-order valence-electron chi connectivity index (χ4n) is 6.99. The minimum absolute atomic E-state index is 0.226. The predicted molar refractivity (Wildman–Crippen MR) is 172 cm³/mol. The van der Waals surface area contributed by atoms with Gasteiger partial charge >= 0.3 is 23.9 Å². The molecule has 0 aromatic heterocycles. The normalized spacial score (nSPS) is 27.0. The van der Waals surface area contributed by atoms with Crippen LogP contribution >= 0.6 is 0 Å². The van der Waals surface area contributed by atoms with Gasteiger partial charge in [0.05, 0.1) is 28.7 Å². The van der Waals surface area contributed by atoms with Gasteiger partial charge in [-0.05, 0) is 47.2 Å². The summed E-state index contributed by atoms with van der Waals surface area (Å²) in [4.78, 5) is 70.1.